The molecule has 0 saturated heterocycles. The Morgan fingerprint density at radius 1 is 1.19 bits per heavy atom. The lowest BCUT2D eigenvalue weighted by molar-refractivity contribution is -0.121. The summed E-state index contributed by atoms with van der Waals surface area (Å²) in [5, 5.41) is 3.55. The number of amides is 1. The molecular weight excluding hydrogens is 286 g/mol. The van der Waals surface area contributed by atoms with Gasteiger partial charge in [-0.25, -0.2) is 0 Å². The lowest BCUT2D eigenvalue weighted by atomic mass is 10.1. The zero-order chi connectivity index (χ0) is 15.1. The molecule has 0 aromatic heterocycles. The van der Waals surface area contributed by atoms with Gasteiger partial charge in [0.1, 0.15) is 12.4 Å². The van der Waals surface area contributed by atoms with Crippen LogP contribution in [0.4, 0.5) is 0 Å². The summed E-state index contributed by atoms with van der Waals surface area (Å²) in [7, 11) is 0. The first kappa shape index (κ1) is 15.4. The number of ether oxygens (including phenoxy) is 1. The number of rotatable bonds is 6. The van der Waals surface area contributed by atoms with E-state index in [2.05, 4.69) is 5.32 Å². The molecule has 0 aliphatic heterocycles. The molecule has 2 aromatic rings. The second-order valence-electron chi connectivity index (χ2n) is 4.90. The van der Waals surface area contributed by atoms with Gasteiger partial charge in [0.15, 0.2) is 0 Å². The van der Waals surface area contributed by atoms with Crippen LogP contribution in [0.3, 0.4) is 0 Å². The SMILES string of the molecule is C[C@@H](COc1ccccc1)NC(=O)Cc1cccc(Cl)c1. The Bertz CT molecular complexity index is 586. The van der Waals surface area contributed by atoms with Gasteiger partial charge in [0.25, 0.3) is 0 Å². The van der Waals surface area contributed by atoms with Crippen molar-refractivity contribution in [2.24, 2.45) is 0 Å². The third-order valence-corrected chi connectivity index (χ3v) is 3.14. The standard InChI is InChI=1S/C17H18ClNO2/c1-13(12-21-16-8-3-2-4-9-16)19-17(20)11-14-6-5-7-15(18)10-14/h2-10,13H,11-12H2,1H3,(H,19,20)/t13-/m0/s1. The van der Waals surface area contributed by atoms with E-state index in [4.69, 9.17) is 16.3 Å². The number of carbonyl (C=O) groups excluding carboxylic acids is 1. The van der Waals surface area contributed by atoms with Crippen LogP contribution in [0.25, 0.3) is 0 Å². The summed E-state index contributed by atoms with van der Waals surface area (Å²) >= 11 is 5.90. The molecule has 0 aliphatic carbocycles. The summed E-state index contributed by atoms with van der Waals surface area (Å²) in [4.78, 5) is 11.9. The van der Waals surface area contributed by atoms with Crippen LogP contribution in [-0.4, -0.2) is 18.6 Å². The minimum absolute atomic E-state index is 0.0403. The van der Waals surface area contributed by atoms with Crippen LogP contribution in [0, 0.1) is 0 Å². The molecule has 0 unspecified atom stereocenters. The monoisotopic (exact) mass is 303 g/mol. The van der Waals surface area contributed by atoms with E-state index >= 15 is 0 Å². The summed E-state index contributed by atoms with van der Waals surface area (Å²) in [6.07, 6.45) is 0.316. The Kier molecular flexibility index (Phi) is 5.64. The molecule has 0 aliphatic rings. The summed E-state index contributed by atoms with van der Waals surface area (Å²) in [5.74, 6) is 0.759. The van der Waals surface area contributed by atoms with Crippen molar-refractivity contribution in [3.63, 3.8) is 0 Å². The number of para-hydroxylation sites is 1. The quantitative estimate of drug-likeness (QED) is 0.887. The topological polar surface area (TPSA) is 38.3 Å². The molecule has 1 atom stereocenters. The molecule has 0 saturated carbocycles. The summed E-state index contributed by atoms with van der Waals surface area (Å²) in [6, 6.07) is 16.8. The van der Waals surface area contributed by atoms with Gasteiger partial charge in [-0.2, -0.15) is 0 Å². The third-order valence-electron chi connectivity index (χ3n) is 2.90. The predicted octanol–water partition coefficient (Wildman–Crippen LogP) is 3.47. The number of nitrogens with one attached hydrogen (secondary N) is 1. The van der Waals surface area contributed by atoms with E-state index in [0.29, 0.717) is 18.1 Å². The smallest absolute Gasteiger partial charge is 0.224 e. The first-order valence-electron chi connectivity index (χ1n) is 6.85. The van der Waals surface area contributed by atoms with Gasteiger partial charge in [-0.05, 0) is 36.8 Å². The van der Waals surface area contributed by atoms with E-state index in [-0.39, 0.29) is 11.9 Å². The van der Waals surface area contributed by atoms with Crippen LogP contribution in [0.2, 0.25) is 5.02 Å². The molecule has 0 bridgehead atoms. The highest BCUT2D eigenvalue weighted by Gasteiger charge is 2.09. The van der Waals surface area contributed by atoms with Crippen LogP contribution < -0.4 is 10.1 Å². The highest BCUT2D eigenvalue weighted by atomic mass is 35.5. The number of benzene rings is 2. The van der Waals surface area contributed by atoms with Crippen molar-refractivity contribution in [2.45, 2.75) is 19.4 Å². The number of halogens is 1. The summed E-state index contributed by atoms with van der Waals surface area (Å²) < 4.78 is 5.60. The fourth-order valence-electron chi connectivity index (χ4n) is 1.94. The molecule has 0 spiro atoms. The van der Waals surface area contributed by atoms with Gasteiger partial charge in [-0.3, -0.25) is 4.79 Å². The lowest BCUT2D eigenvalue weighted by Crippen LogP contribution is -2.37. The molecule has 110 valence electrons. The zero-order valence-corrected chi connectivity index (χ0v) is 12.6. The summed E-state index contributed by atoms with van der Waals surface area (Å²) in [6.45, 7) is 2.35. The van der Waals surface area contributed by atoms with E-state index in [9.17, 15) is 4.79 Å². The van der Waals surface area contributed by atoms with E-state index in [1.54, 1.807) is 12.1 Å². The van der Waals surface area contributed by atoms with Crippen molar-refractivity contribution >= 4 is 17.5 Å². The fraction of sp³-hybridized carbons (Fsp3) is 0.235. The van der Waals surface area contributed by atoms with Gasteiger partial charge in [0.2, 0.25) is 5.91 Å². The van der Waals surface area contributed by atoms with Crippen molar-refractivity contribution in [3.05, 3.63) is 65.2 Å². The highest BCUT2D eigenvalue weighted by molar-refractivity contribution is 6.30. The van der Waals surface area contributed by atoms with E-state index in [0.717, 1.165) is 11.3 Å². The lowest BCUT2D eigenvalue weighted by Gasteiger charge is -2.15. The van der Waals surface area contributed by atoms with E-state index < -0.39 is 0 Å². The normalized spacial score (nSPS) is 11.7. The Balaban J connectivity index is 1.77. The largest absolute Gasteiger partial charge is 0.491 e. The minimum atomic E-state index is -0.0584. The van der Waals surface area contributed by atoms with Crippen molar-refractivity contribution < 1.29 is 9.53 Å². The van der Waals surface area contributed by atoms with Gasteiger partial charge >= 0.3 is 0 Å². The van der Waals surface area contributed by atoms with Crippen LogP contribution in [0.15, 0.2) is 54.6 Å². The van der Waals surface area contributed by atoms with Crippen LogP contribution in [-0.2, 0) is 11.2 Å². The van der Waals surface area contributed by atoms with Gasteiger partial charge in [0.05, 0.1) is 12.5 Å². The maximum Gasteiger partial charge on any atom is 0.224 e. The molecule has 21 heavy (non-hydrogen) atoms. The first-order chi connectivity index (χ1) is 10.1. The average Bonchev–Trinajstić information content (AvgIpc) is 2.46. The van der Waals surface area contributed by atoms with Gasteiger partial charge < -0.3 is 10.1 Å². The predicted molar refractivity (Wildman–Crippen MR) is 84.7 cm³/mol. The Morgan fingerprint density at radius 2 is 1.95 bits per heavy atom. The van der Waals surface area contributed by atoms with Gasteiger partial charge in [0, 0.05) is 5.02 Å². The molecule has 1 amide bonds. The second-order valence-corrected chi connectivity index (χ2v) is 5.34. The van der Waals surface area contributed by atoms with Crippen molar-refractivity contribution in [1.82, 2.24) is 5.32 Å². The molecule has 1 N–H and O–H groups in total. The van der Waals surface area contributed by atoms with Crippen LogP contribution >= 0.6 is 11.6 Å². The highest BCUT2D eigenvalue weighted by Crippen LogP contribution is 2.11. The van der Waals surface area contributed by atoms with Gasteiger partial charge in [-0.15, -0.1) is 0 Å². The average molecular weight is 304 g/mol. The maximum atomic E-state index is 11.9. The maximum absolute atomic E-state index is 11.9. The number of carbonyl (C=O) groups is 1. The van der Waals surface area contributed by atoms with Crippen LogP contribution in [0.1, 0.15) is 12.5 Å². The zero-order valence-electron chi connectivity index (χ0n) is 11.9. The minimum Gasteiger partial charge on any atom is -0.491 e. The molecule has 3 nitrogen and oxygen atoms in total. The molecule has 0 fully saturated rings. The van der Waals surface area contributed by atoms with E-state index in [1.165, 1.54) is 0 Å². The number of hydrogen-bond acceptors (Lipinski definition) is 2. The molecular formula is C17H18ClNO2. The van der Waals surface area contributed by atoms with Crippen molar-refractivity contribution in [1.29, 1.82) is 0 Å². The van der Waals surface area contributed by atoms with E-state index in [1.807, 2.05) is 49.4 Å². The van der Waals surface area contributed by atoms with Crippen LogP contribution in [0.5, 0.6) is 5.75 Å². The Labute approximate surface area is 129 Å². The van der Waals surface area contributed by atoms with Crippen molar-refractivity contribution in [2.75, 3.05) is 6.61 Å². The summed E-state index contributed by atoms with van der Waals surface area (Å²) in [5.41, 5.74) is 0.899. The number of hydrogen-bond donors (Lipinski definition) is 1. The first-order valence-corrected chi connectivity index (χ1v) is 7.23. The van der Waals surface area contributed by atoms with Crippen molar-refractivity contribution in [3.8, 4) is 5.75 Å². The second kappa shape index (κ2) is 7.70. The van der Waals surface area contributed by atoms with Gasteiger partial charge in [-0.1, -0.05) is 41.9 Å². The molecule has 0 radical (unpaired) electrons. The Hall–Kier alpha value is -2.00. The third kappa shape index (κ3) is 5.48. The molecule has 2 rings (SSSR count). The molecule has 0 heterocycles. The Morgan fingerprint density at radius 3 is 2.67 bits per heavy atom. The fourth-order valence-corrected chi connectivity index (χ4v) is 2.15. The molecule has 2 aromatic carbocycles. The molecule has 4 heteroatoms.